The van der Waals surface area contributed by atoms with Crippen LogP contribution < -0.4 is 5.73 Å². The van der Waals surface area contributed by atoms with Crippen LogP contribution in [0.15, 0.2) is 18.2 Å². The molecular weight excluding hydrogens is 246 g/mol. The van der Waals surface area contributed by atoms with Gasteiger partial charge in [-0.2, -0.15) is 0 Å². The van der Waals surface area contributed by atoms with Crippen molar-refractivity contribution >= 4 is 11.6 Å². The Balaban J connectivity index is 2.19. The zero-order valence-electron chi connectivity index (χ0n) is 10.8. The van der Waals surface area contributed by atoms with Crippen LogP contribution in [0.4, 0.5) is 5.69 Å². The molecule has 0 saturated carbocycles. The van der Waals surface area contributed by atoms with Gasteiger partial charge >= 0.3 is 0 Å². The van der Waals surface area contributed by atoms with Crippen molar-refractivity contribution in [2.24, 2.45) is 5.73 Å². The molecule has 0 unspecified atom stereocenters. The zero-order chi connectivity index (χ0) is 14.0. The number of benzene rings is 1. The first kappa shape index (κ1) is 13.5. The monoisotopic (exact) mass is 263 g/mol. The maximum Gasteiger partial charge on any atom is 0.272 e. The average molecular weight is 263 g/mol. The summed E-state index contributed by atoms with van der Waals surface area (Å²) >= 11 is 0. The van der Waals surface area contributed by atoms with Gasteiger partial charge in [-0.25, -0.2) is 0 Å². The van der Waals surface area contributed by atoms with Crippen molar-refractivity contribution in [1.82, 2.24) is 4.90 Å². The molecule has 2 N–H and O–H groups in total. The largest absolute Gasteiger partial charge is 0.337 e. The molecule has 1 heterocycles. The van der Waals surface area contributed by atoms with Gasteiger partial charge in [-0.1, -0.05) is 0 Å². The van der Waals surface area contributed by atoms with E-state index in [0.29, 0.717) is 24.2 Å². The second-order valence-electron chi connectivity index (χ2n) is 4.91. The van der Waals surface area contributed by atoms with E-state index in [1.54, 1.807) is 17.9 Å². The van der Waals surface area contributed by atoms with Crippen LogP contribution in [0.2, 0.25) is 0 Å². The molecule has 0 aromatic heterocycles. The lowest BCUT2D eigenvalue weighted by Crippen LogP contribution is -2.45. The number of nitro groups is 1. The molecule has 102 valence electrons. The smallest absolute Gasteiger partial charge is 0.272 e. The topological polar surface area (TPSA) is 89.5 Å². The maximum absolute atomic E-state index is 12.3. The second-order valence-corrected chi connectivity index (χ2v) is 4.91. The van der Waals surface area contributed by atoms with Gasteiger partial charge in [-0.15, -0.1) is 0 Å². The Bertz CT molecular complexity index is 516. The Kier molecular flexibility index (Phi) is 3.80. The minimum Gasteiger partial charge on any atom is -0.337 e. The summed E-state index contributed by atoms with van der Waals surface area (Å²) in [6.07, 6.45) is 1.84. The van der Waals surface area contributed by atoms with E-state index in [2.05, 4.69) is 0 Å². The standard InChI is InChI=1S/C13H17N3O3/c1-9-7-10(4-5-12(9)16(18)19)13(17)15-6-2-3-11(14)8-15/h4-5,7,11H,2-3,6,8,14H2,1H3/t11-/m1/s1. The highest BCUT2D eigenvalue weighted by molar-refractivity contribution is 5.94. The van der Waals surface area contributed by atoms with Gasteiger partial charge in [-0.05, 0) is 31.9 Å². The number of nitrogens with two attached hydrogens (primary N) is 1. The third-order valence-electron chi connectivity index (χ3n) is 3.39. The highest BCUT2D eigenvalue weighted by Crippen LogP contribution is 2.20. The van der Waals surface area contributed by atoms with Crippen LogP contribution >= 0.6 is 0 Å². The van der Waals surface area contributed by atoms with Crippen LogP contribution in [0.3, 0.4) is 0 Å². The van der Waals surface area contributed by atoms with Gasteiger partial charge < -0.3 is 10.6 Å². The number of carbonyl (C=O) groups is 1. The summed E-state index contributed by atoms with van der Waals surface area (Å²) in [5.74, 6) is -0.104. The second kappa shape index (κ2) is 5.36. The van der Waals surface area contributed by atoms with E-state index in [1.165, 1.54) is 12.1 Å². The van der Waals surface area contributed by atoms with Gasteiger partial charge in [0.1, 0.15) is 0 Å². The summed E-state index contributed by atoms with van der Waals surface area (Å²) in [5.41, 5.74) is 6.87. The number of aryl methyl sites for hydroxylation is 1. The van der Waals surface area contributed by atoms with Crippen molar-refractivity contribution in [2.75, 3.05) is 13.1 Å². The van der Waals surface area contributed by atoms with Crippen molar-refractivity contribution < 1.29 is 9.72 Å². The lowest BCUT2D eigenvalue weighted by molar-refractivity contribution is -0.385. The Labute approximate surface area is 111 Å². The molecular formula is C13H17N3O3. The van der Waals surface area contributed by atoms with E-state index in [1.807, 2.05) is 0 Å². The Morgan fingerprint density at radius 1 is 1.53 bits per heavy atom. The predicted molar refractivity (Wildman–Crippen MR) is 70.9 cm³/mol. The molecule has 0 spiro atoms. The van der Waals surface area contributed by atoms with Crippen LogP contribution in [0, 0.1) is 17.0 Å². The van der Waals surface area contributed by atoms with Gasteiger partial charge in [0.25, 0.3) is 11.6 Å². The molecule has 1 aliphatic rings. The summed E-state index contributed by atoms with van der Waals surface area (Å²) in [5, 5.41) is 10.7. The summed E-state index contributed by atoms with van der Waals surface area (Å²) in [6, 6.07) is 4.48. The molecule has 1 atom stereocenters. The van der Waals surface area contributed by atoms with Crippen LogP contribution in [-0.4, -0.2) is 34.9 Å². The zero-order valence-corrected chi connectivity index (χ0v) is 10.8. The van der Waals surface area contributed by atoms with Gasteiger partial charge in [0, 0.05) is 36.3 Å². The number of likely N-dealkylation sites (tertiary alicyclic amines) is 1. The summed E-state index contributed by atoms with van der Waals surface area (Å²) in [6.45, 7) is 2.88. The number of nitro benzene ring substituents is 1. The molecule has 1 amide bonds. The summed E-state index contributed by atoms with van der Waals surface area (Å²) in [4.78, 5) is 24.3. The van der Waals surface area contributed by atoms with Gasteiger partial charge in [-0.3, -0.25) is 14.9 Å². The van der Waals surface area contributed by atoms with E-state index in [9.17, 15) is 14.9 Å². The molecule has 1 aromatic carbocycles. The number of nitrogens with zero attached hydrogens (tertiary/aromatic N) is 2. The minimum atomic E-state index is -0.444. The molecule has 0 aliphatic carbocycles. The maximum atomic E-state index is 12.3. The molecule has 0 bridgehead atoms. The van der Waals surface area contributed by atoms with E-state index in [-0.39, 0.29) is 17.6 Å². The van der Waals surface area contributed by atoms with E-state index < -0.39 is 4.92 Å². The molecule has 1 aromatic rings. The molecule has 6 heteroatoms. The van der Waals surface area contributed by atoms with Crippen LogP contribution in [-0.2, 0) is 0 Å². The van der Waals surface area contributed by atoms with E-state index in [0.717, 1.165) is 12.8 Å². The molecule has 1 saturated heterocycles. The minimum absolute atomic E-state index is 0.0249. The number of rotatable bonds is 2. The Morgan fingerprint density at radius 3 is 2.84 bits per heavy atom. The van der Waals surface area contributed by atoms with Gasteiger partial charge in [0.2, 0.25) is 0 Å². The lowest BCUT2D eigenvalue weighted by atomic mass is 10.0. The van der Waals surface area contributed by atoms with Crippen molar-refractivity contribution in [2.45, 2.75) is 25.8 Å². The molecule has 0 radical (unpaired) electrons. The fourth-order valence-electron chi connectivity index (χ4n) is 2.37. The Hall–Kier alpha value is -1.95. The van der Waals surface area contributed by atoms with E-state index in [4.69, 9.17) is 5.73 Å². The summed E-state index contributed by atoms with van der Waals surface area (Å²) < 4.78 is 0. The number of amides is 1. The molecule has 1 fully saturated rings. The fraction of sp³-hybridized carbons (Fsp3) is 0.462. The third kappa shape index (κ3) is 2.90. The fourth-order valence-corrected chi connectivity index (χ4v) is 2.37. The highest BCUT2D eigenvalue weighted by Gasteiger charge is 2.23. The van der Waals surface area contributed by atoms with Gasteiger partial charge in [0.05, 0.1) is 4.92 Å². The first-order chi connectivity index (χ1) is 8.99. The molecule has 1 aliphatic heterocycles. The average Bonchev–Trinajstić information content (AvgIpc) is 2.37. The number of carbonyl (C=O) groups excluding carboxylic acids is 1. The molecule has 2 rings (SSSR count). The molecule has 6 nitrogen and oxygen atoms in total. The predicted octanol–water partition coefficient (Wildman–Crippen LogP) is 1.47. The van der Waals surface area contributed by atoms with Crippen LogP contribution in [0.1, 0.15) is 28.8 Å². The van der Waals surface area contributed by atoms with Crippen molar-refractivity contribution in [3.05, 3.63) is 39.4 Å². The van der Waals surface area contributed by atoms with Crippen molar-refractivity contribution in [3.63, 3.8) is 0 Å². The number of hydrogen-bond acceptors (Lipinski definition) is 4. The Morgan fingerprint density at radius 2 is 2.26 bits per heavy atom. The SMILES string of the molecule is Cc1cc(C(=O)N2CCC[C@@H](N)C2)ccc1[N+](=O)[O-]. The van der Waals surface area contributed by atoms with Crippen LogP contribution in [0.5, 0.6) is 0 Å². The highest BCUT2D eigenvalue weighted by atomic mass is 16.6. The first-order valence-electron chi connectivity index (χ1n) is 6.29. The van der Waals surface area contributed by atoms with Crippen molar-refractivity contribution in [3.8, 4) is 0 Å². The third-order valence-corrected chi connectivity index (χ3v) is 3.39. The van der Waals surface area contributed by atoms with Crippen LogP contribution in [0.25, 0.3) is 0 Å². The van der Waals surface area contributed by atoms with E-state index >= 15 is 0 Å². The van der Waals surface area contributed by atoms with Crippen molar-refractivity contribution in [1.29, 1.82) is 0 Å². The number of hydrogen-bond donors (Lipinski definition) is 1. The molecule has 19 heavy (non-hydrogen) atoms. The normalized spacial score (nSPS) is 19.3. The summed E-state index contributed by atoms with van der Waals surface area (Å²) in [7, 11) is 0. The first-order valence-corrected chi connectivity index (χ1v) is 6.29. The van der Waals surface area contributed by atoms with Gasteiger partial charge in [0.15, 0.2) is 0 Å². The number of piperidine rings is 1. The quantitative estimate of drug-likeness (QED) is 0.646. The lowest BCUT2D eigenvalue weighted by Gasteiger charge is -2.30.